The molecule has 0 bridgehead atoms. The van der Waals surface area contributed by atoms with E-state index in [1.807, 2.05) is 0 Å². The number of hydrogen-bond acceptors (Lipinski definition) is 8. The van der Waals surface area contributed by atoms with E-state index >= 15 is 0 Å². The zero-order valence-electron chi connectivity index (χ0n) is 24.1. The van der Waals surface area contributed by atoms with Gasteiger partial charge in [-0.25, -0.2) is 0 Å². The molecule has 2 aromatic carbocycles. The molecular weight excluding hydrogens is 490 g/mol. The second-order valence-electron chi connectivity index (χ2n) is 11.3. The first-order valence-corrected chi connectivity index (χ1v) is 14.0. The summed E-state index contributed by atoms with van der Waals surface area (Å²) < 4.78 is 12.1. The van der Waals surface area contributed by atoms with Crippen molar-refractivity contribution in [1.82, 2.24) is 14.7 Å². The van der Waals surface area contributed by atoms with Crippen molar-refractivity contribution >= 4 is 17.5 Å². The second-order valence-corrected chi connectivity index (χ2v) is 11.3. The third-order valence-electron chi connectivity index (χ3n) is 7.94. The normalized spacial score (nSPS) is 21.6. The summed E-state index contributed by atoms with van der Waals surface area (Å²) in [5, 5.41) is 4.57. The first kappa shape index (κ1) is 27.5. The Hall–Kier alpha value is -3.07. The molecule has 0 saturated carbocycles. The molecule has 0 spiro atoms. The van der Waals surface area contributed by atoms with Crippen LogP contribution in [-0.4, -0.2) is 114 Å². The first-order chi connectivity index (χ1) is 18.9. The Morgan fingerprint density at radius 2 is 1.79 bits per heavy atom. The molecule has 210 valence electrons. The lowest BCUT2D eigenvalue weighted by molar-refractivity contribution is 0.0101. The molecule has 1 fully saturated rings. The van der Waals surface area contributed by atoms with E-state index in [9.17, 15) is 0 Å². The number of hydrogen-bond donors (Lipinski definition) is 0. The van der Waals surface area contributed by atoms with Crippen LogP contribution in [0, 0.1) is 5.92 Å². The van der Waals surface area contributed by atoms with Crippen LogP contribution < -0.4 is 14.4 Å². The molecule has 0 N–H and O–H groups in total. The molecule has 2 unspecified atom stereocenters. The molecule has 3 heterocycles. The fourth-order valence-electron chi connectivity index (χ4n) is 5.63. The zero-order chi connectivity index (χ0) is 27.4. The van der Waals surface area contributed by atoms with Crippen molar-refractivity contribution in [2.45, 2.75) is 13.0 Å². The molecule has 39 heavy (non-hydrogen) atoms. The van der Waals surface area contributed by atoms with E-state index in [0.717, 1.165) is 80.8 Å². The number of benzene rings is 2. The average molecular weight is 534 g/mol. The summed E-state index contributed by atoms with van der Waals surface area (Å²) in [6.45, 7) is 10.7. The van der Waals surface area contributed by atoms with Crippen LogP contribution in [0.5, 0.6) is 11.5 Å². The van der Waals surface area contributed by atoms with Gasteiger partial charge in [0.25, 0.3) is 0 Å². The minimum absolute atomic E-state index is 0.00727. The maximum absolute atomic E-state index is 6.30. The lowest BCUT2D eigenvalue weighted by Gasteiger charge is -2.36. The highest BCUT2D eigenvalue weighted by atomic mass is 16.6. The van der Waals surface area contributed by atoms with Gasteiger partial charge in [0.1, 0.15) is 23.8 Å². The minimum Gasteiger partial charge on any atom is -0.495 e. The summed E-state index contributed by atoms with van der Waals surface area (Å²) in [5.74, 6) is 1.82. The van der Waals surface area contributed by atoms with Crippen molar-refractivity contribution < 1.29 is 14.3 Å². The summed E-state index contributed by atoms with van der Waals surface area (Å²) in [6.07, 6.45) is 2.30. The molecule has 1 saturated heterocycles. The van der Waals surface area contributed by atoms with Crippen LogP contribution in [-0.2, 0) is 4.84 Å². The van der Waals surface area contributed by atoms with E-state index in [-0.39, 0.29) is 12.0 Å². The molecule has 5 rings (SSSR count). The highest BCUT2D eigenvalue weighted by Crippen LogP contribution is 2.41. The van der Waals surface area contributed by atoms with E-state index in [1.54, 1.807) is 7.11 Å². The third-order valence-corrected chi connectivity index (χ3v) is 7.94. The Morgan fingerprint density at radius 3 is 2.51 bits per heavy atom. The Labute approximate surface area is 233 Å². The van der Waals surface area contributed by atoms with Crippen molar-refractivity contribution in [2.75, 3.05) is 92.1 Å². The van der Waals surface area contributed by atoms with Gasteiger partial charge in [0.2, 0.25) is 0 Å². The topological polar surface area (TPSA) is 53.0 Å². The van der Waals surface area contributed by atoms with E-state index in [0.29, 0.717) is 6.61 Å². The SMILES string of the molecule is COc1cc2c(cc1N(C)CCN(C)C)OCC1C2=NOC1CN1CCN(CC(C)=Cc2ccccc2)CC1. The zero-order valence-corrected chi connectivity index (χ0v) is 24.1. The van der Waals surface area contributed by atoms with Crippen molar-refractivity contribution in [1.29, 1.82) is 0 Å². The van der Waals surface area contributed by atoms with Crippen LogP contribution in [0.3, 0.4) is 0 Å². The third kappa shape index (κ3) is 6.57. The largest absolute Gasteiger partial charge is 0.495 e. The van der Waals surface area contributed by atoms with E-state index in [2.05, 4.69) is 101 Å². The molecule has 0 amide bonds. The smallest absolute Gasteiger partial charge is 0.151 e. The van der Waals surface area contributed by atoms with Crippen LogP contribution in [0.25, 0.3) is 6.08 Å². The maximum atomic E-state index is 6.30. The van der Waals surface area contributed by atoms with Crippen LogP contribution in [0.15, 0.2) is 53.2 Å². The molecule has 0 aliphatic carbocycles. The highest BCUT2D eigenvalue weighted by molar-refractivity contribution is 6.07. The van der Waals surface area contributed by atoms with Gasteiger partial charge in [-0.1, -0.05) is 47.1 Å². The molecule has 2 aromatic rings. The van der Waals surface area contributed by atoms with Gasteiger partial charge in [-0.15, -0.1) is 0 Å². The molecule has 8 nitrogen and oxygen atoms in total. The number of anilines is 1. The Bertz CT molecular complexity index is 1170. The summed E-state index contributed by atoms with van der Waals surface area (Å²) in [5.41, 5.74) is 5.67. The number of rotatable bonds is 10. The van der Waals surface area contributed by atoms with Gasteiger partial charge in [-0.2, -0.15) is 0 Å². The molecule has 0 aromatic heterocycles. The molecular formula is C31H43N5O3. The molecule has 3 aliphatic rings. The van der Waals surface area contributed by atoms with Gasteiger partial charge >= 0.3 is 0 Å². The fraction of sp³-hybridized carbons (Fsp3) is 0.516. The van der Waals surface area contributed by atoms with Crippen molar-refractivity contribution in [3.8, 4) is 11.5 Å². The first-order valence-electron chi connectivity index (χ1n) is 14.0. The number of oxime groups is 1. The summed E-state index contributed by atoms with van der Waals surface area (Å²) in [6, 6.07) is 14.7. The molecule has 8 heteroatoms. The number of piperazine rings is 1. The van der Waals surface area contributed by atoms with Crippen LogP contribution in [0.4, 0.5) is 5.69 Å². The van der Waals surface area contributed by atoms with Crippen molar-refractivity contribution in [2.24, 2.45) is 11.1 Å². The monoisotopic (exact) mass is 533 g/mol. The van der Waals surface area contributed by atoms with E-state index < -0.39 is 0 Å². The van der Waals surface area contributed by atoms with Crippen LogP contribution >= 0.6 is 0 Å². The number of likely N-dealkylation sites (N-methyl/N-ethyl adjacent to an activating group) is 2. The van der Waals surface area contributed by atoms with Gasteiger partial charge in [0, 0.05) is 71.0 Å². The molecule has 2 atom stereocenters. The second kappa shape index (κ2) is 12.4. The lowest BCUT2D eigenvalue weighted by Crippen LogP contribution is -2.50. The predicted octanol–water partition coefficient (Wildman–Crippen LogP) is 3.53. The van der Waals surface area contributed by atoms with Gasteiger partial charge in [0.05, 0.1) is 18.7 Å². The van der Waals surface area contributed by atoms with E-state index in [4.69, 9.17) is 14.3 Å². The van der Waals surface area contributed by atoms with E-state index in [1.165, 1.54) is 11.1 Å². The number of nitrogens with zero attached hydrogens (tertiary/aromatic N) is 5. The maximum Gasteiger partial charge on any atom is 0.151 e. The van der Waals surface area contributed by atoms with Crippen LogP contribution in [0.1, 0.15) is 18.1 Å². The Kier molecular flexibility index (Phi) is 8.75. The Balaban J connectivity index is 1.16. The minimum atomic E-state index is 0.00727. The quantitative estimate of drug-likeness (QED) is 0.463. The van der Waals surface area contributed by atoms with Gasteiger partial charge in [-0.3, -0.25) is 9.80 Å². The van der Waals surface area contributed by atoms with Gasteiger partial charge in [0.15, 0.2) is 6.10 Å². The average Bonchev–Trinajstić information content (AvgIpc) is 3.35. The standard InChI is InChI=1S/C31H43N5O3/c1-23(17-24-9-7-6-8-10-24)20-35-13-15-36(16-14-35)21-30-26-22-38-28-19-27(34(4)12-11-33(2)3)29(37-5)18-25(28)31(26)32-39-30/h6-10,17-19,26,30H,11-16,20-22H2,1-5H3. The highest BCUT2D eigenvalue weighted by Gasteiger charge is 2.41. The van der Waals surface area contributed by atoms with Crippen molar-refractivity contribution in [3.05, 3.63) is 59.2 Å². The van der Waals surface area contributed by atoms with Crippen LogP contribution in [0.2, 0.25) is 0 Å². The van der Waals surface area contributed by atoms with Crippen molar-refractivity contribution in [3.63, 3.8) is 0 Å². The summed E-state index contributed by atoms with van der Waals surface area (Å²) >= 11 is 0. The lowest BCUT2D eigenvalue weighted by atomic mass is 9.89. The molecule has 3 aliphatic heterocycles. The number of ether oxygens (including phenoxy) is 2. The summed E-state index contributed by atoms with van der Waals surface area (Å²) in [7, 11) is 7.98. The van der Waals surface area contributed by atoms with Gasteiger partial charge < -0.3 is 24.1 Å². The summed E-state index contributed by atoms with van der Waals surface area (Å²) in [4.78, 5) is 15.5. The fourth-order valence-corrected chi connectivity index (χ4v) is 5.63. The number of fused-ring (bicyclic) bond motifs is 3. The predicted molar refractivity (Wildman–Crippen MR) is 158 cm³/mol. The Morgan fingerprint density at radius 1 is 1.05 bits per heavy atom. The number of methoxy groups -OCH3 is 1. The van der Waals surface area contributed by atoms with Gasteiger partial charge in [-0.05, 0) is 32.6 Å². The molecule has 0 radical (unpaired) electrons.